The van der Waals surface area contributed by atoms with Gasteiger partial charge >= 0.3 is 5.97 Å². The van der Waals surface area contributed by atoms with E-state index in [-0.39, 0.29) is 18.1 Å². The van der Waals surface area contributed by atoms with Crippen LogP contribution in [-0.4, -0.2) is 43.1 Å². The first-order chi connectivity index (χ1) is 9.70. The minimum Gasteiger partial charge on any atom is -0.462 e. The van der Waals surface area contributed by atoms with Crippen LogP contribution in [0.25, 0.3) is 0 Å². The fourth-order valence-electron chi connectivity index (χ4n) is 1.58. The van der Waals surface area contributed by atoms with E-state index < -0.39 is 33.0 Å². The third-order valence-electron chi connectivity index (χ3n) is 2.62. The highest BCUT2D eigenvalue weighted by molar-refractivity contribution is 7.89. The summed E-state index contributed by atoms with van der Waals surface area (Å²) in [5.41, 5.74) is 4.92. The summed E-state index contributed by atoms with van der Waals surface area (Å²) in [7, 11) is -4.17. The lowest BCUT2D eigenvalue weighted by atomic mass is 10.1. The Labute approximate surface area is 122 Å². The Hall–Kier alpha value is -1.94. The molecule has 1 aromatic rings. The summed E-state index contributed by atoms with van der Waals surface area (Å²) in [4.78, 5) is 22.9. The van der Waals surface area contributed by atoms with Gasteiger partial charge in [0.05, 0.1) is 12.8 Å². The number of nitrogens with zero attached hydrogens (tertiary/aromatic N) is 1. The van der Waals surface area contributed by atoms with Crippen LogP contribution >= 0.6 is 0 Å². The minimum atomic E-state index is -4.17. The fraction of sp³-hybridized carbons (Fsp3) is 0.545. The molecule has 1 atom stereocenters. The molecular weight excluding hydrogens is 300 g/mol. The molecule has 0 fully saturated rings. The van der Waals surface area contributed by atoms with E-state index in [1.54, 1.807) is 20.8 Å². The zero-order chi connectivity index (χ0) is 16.2. The molecule has 0 aliphatic heterocycles. The molecule has 1 rings (SSSR count). The number of rotatable bonds is 7. The molecule has 1 aromatic heterocycles. The van der Waals surface area contributed by atoms with Crippen molar-refractivity contribution in [2.75, 3.05) is 6.61 Å². The van der Waals surface area contributed by atoms with Gasteiger partial charge in [0.15, 0.2) is 5.03 Å². The number of primary amides is 1. The lowest BCUT2D eigenvalue weighted by molar-refractivity contribution is -0.120. The second-order valence-corrected chi connectivity index (χ2v) is 6.23. The van der Waals surface area contributed by atoms with Gasteiger partial charge in [-0.3, -0.25) is 9.89 Å². The van der Waals surface area contributed by atoms with Gasteiger partial charge in [-0.15, -0.1) is 0 Å². The Bertz CT molecular complexity index is 622. The van der Waals surface area contributed by atoms with Crippen LogP contribution in [0.15, 0.2) is 11.2 Å². The van der Waals surface area contributed by atoms with Crippen LogP contribution in [0.1, 0.15) is 31.1 Å². The summed E-state index contributed by atoms with van der Waals surface area (Å²) in [6.45, 7) is 4.95. The first-order valence-electron chi connectivity index (χ1n) is 6.22. The zero-order valence-corrected chi connectivity index (χ0v) is 12.7. The fourth-order valence-corrected chi connectivity index (χ4v) is 3.02. The second kappa shape index (κ2) is 6.68. The van der Waals surface area contributed by atoms with Crippen molar-refractivity contribution in [1.82, 2.24) is 14.9 Å². The molecule has 0 aliphatic rings. The van der Waals surface area contributed by atoms with E-state index in [1.165, 1.54) is 0 Å². The van der Waals surface area contributed by atoms with Crippen LogP contribution < -0.4 is 10.5 Å². The summed E-state index contributed by atoms with van der Waals surface area (Å²) in [5, 5.41) is 5.28. The number of carbonyl (C=O) groups is 2. The predicted octanol–water partition coefficient (Wildman–Crippen LogP) is -0.625. The van der Waals surface area contributed by atoms with Crippen LogP contribution in [0, 0.1) is 5.92 Å². The summed E-state index contributed by atoms with van der Waals surface area (Å²) >= 11 is 0. The number of hydrogen-bond donors (Lipinski definition) is 3. The molecular formula is C11H18N4O5S. The van der Waals surface area contributed by atoms with Crippen LogP contribution in [0.4, 0.5) is 0 Å². The maximum atomic E-state index is 12.2. The molecule has 118 valence electrons. The van der Waals surface area contributed by atoms with Crippen molar-refractivity contribution >= 4 is 21.9 Å². The first kappa shape index (κ1) is 17.1. The van der Waals surface area contributed by atoms with Crippen molar-refractivity contribution in [3.63, 3.8) is 0 Å². The lowest BCUT2D eigenvalue weighted by Crippen LogP contribution is -2.47. The number of esters is 1. The number of carbonyl (C=O) groups excluding carboxylic acids is 2. The van der Waals surface area contributed by atoms with Crippen LogP contribution in [-0.2, 0) is 19.6 Å². The van der Waals surface area contributed by atoms with Crippen molar-refractivity contribution in [1.29, 1.82) is 0 Å². The summed E-state index contributed by atoms with van der Waals surface area (Å²) < 4.78 is 31.4. The molecule has 1 amide bonds. The van der Waals surface area contributed by atoms with Crippen molar-refractivity contribution in [2.24, 2.45) is 11.7 Å². The number of nitrogens with one attached hydrogen (secondary N) is 2. The van der Waals surface area contributed by atoms with Crippen molar-refractivity contribution in [2.45, 2.75) is 31.8 Å². The maximum absolute atomic E-state index is 12.2. The van der Waals surface area contributed by atoms with E-state index in [0.717, 1.165) is 6.20 Å². The average molecular weight is 318 g/mol. The van der Waals surface area contributed by atoms with Crippen molar-refractivity contribution < 1.29 is 22.7 Å². The van der Waals surface area contributed by atoms with Crippen molar-refractivity contribution in [3.8, 4) is 0 Å². The molecule has 9 nitrogen and oxygen atoms in total. The van der Waals surface area contributed by atoms with Gasteiger partial charge in [0, 0.05) is 0 Å². The number of sulfonamides is 1. The van der Waals surface area contributed by atoms with Crippen LogP contribution in [0.3, 0.4) is 0 Å². The van der Waals surface area contributed by atoms with Crippen LogP contribution in [0.5, 0.6) is 0 Å². The lowest BCUT2D eigenvalue weighted by Gasteiger charge is -2.18. The number of aromatic nitrogens is 2. The average Bonchev–Trinajstić information content (AvgIpc) is 2.85. The number of amides is 1. The van der Waals surface area contributed by atoms with Gasteiger partial charge in [-0.2, -0.15) is 9.82 Å². The molecule has 21 heavy (non-hydrogen) atoms. The largest absolute Gasteiger partial charge is 0.462 e. The maximum Gasteiger partial charge on any atom is 0.342 e. The molecule has 4 N–H and O–H groups in total. The van der Waals surface area contributed by atoms with Gasteiger partial charge in [-0.1, -0.05) is 13.8 Å². The van der Waals surface area contributed by atoms with E-state index in [2.05, 4.69) is 14.9 Å². The third-order valence-corrected chi connectivity index (χ3v) is 4.04. The standard InChI is InChI=1S/C11H18N4O5S/c1-4-20-11(17)7-5-13-14-10(7)21(18,19)15-8(6(2)3)9(12)16/h5-6,8,15H,4H2,1-3H3,(H2,12,16)(H,13,14). The first-order valence-corrected chi connectivity index (χ1v) is 7.71. The van der Waals surface area contributed by atoms with E-state index in [0.29, 0.717) is 0 Å². The van der Waals surface area contributed by atoms with Gasteiger partial charge in [0.2, 0.25) is 5.91 Å². The highest BCUT2D eigenvalue weighted by Gasteiger charge is 2.31. The van der Waals surface area contributed by atoms with E-state index in [4.69, 9.17) is 10.5 Å². The Morgan fingerprint density at radius 2 is 2.10 bits per heavy atom. The molecule has 0 bridgehead atoms. The highest BCUT2D eigenvalue weighted by atomic mass is 32.2. The zero-order valence-electron chi connectivity index (χ0n) is 11.9. The third kappa shape index (κ3) is 4.02. The Kier molecular flexibility index (Phi) is 5.44. The number of aromatic amines is 1. The molecule has 1 heterocycles. The van der Waals surface area contributed by atoms with Gasteiger partial charge < -0.3 is 10.5 Å². The Morgan fingerprint density at radius 3 is 2.57 bits per heavy atom. The molecule has 1 unspecified atom stereocenters. The number of H-pyrrole nitrogens is 1. The van der Waals surface area contributed by atoms with E-state index >= 15 is 0 Å². The number of ether oxygens (including phenoxy) is 1. The normalized spacial score (nSPS) is 13.1. The molecule has 0 aliphatic carbocycles. The topological polar surface area (TPSA) is 144 Å². The van der Waals surface area contributed by atoms with Gasteiger partial charge in [0.25, 0.3) is 10.0 Å². The number of hydrogen-bond acceptors (Lipinski definition) is 6. The van der Waals surface area contributed by atoms with Gasteiger partial charge in [-0.25, -0.2) is 13.2 Å². The SMILES string of the molecule is CCOC(=O)c1cn[nH]c1S(=O)(=O)NC(C(N)=O)C(C)C. The van der Waals surface area contributed by atoms with E-state index in [1.807, 2.05) is 0 Å². The Balaban J connectivity index is 3.12. The second-order valence-electron chi connectivity index (χ2n) is 4.58. The van der Waals surface area contributed by atoms with Crippen molar-refractivity contribution in [3.05, 3.63) is 11.8 Å². The predicted molar refractivity (Wildman–Crippen MR) is 72.7 cm³/mol. The smallest absolute Gasteiger partial charge is 0.342 e. The molecule has 0 saturated heterocycles. The number of nitrogens with two attached hydrogens (primary N) is 1. The molecule has 0 aromatic carbocycles. The summed E-state index contributed by atoms with van der Waals surface area (Å²) in [6.07, 6.45) is 1.04. The summed E-state index contributed by atoms with van der Waals surface area (Å²) in [5.74, 6) is -2.00. The molecule has 0 radical (unpaired) electrons. The van der Waals surface area contributed by atoms with Gasteiger partial charge in [0.1, 0.15) is 11.6 Å². The highest BCUT2D eigenvalue weighted by Crippen LogP contribution is 2.15. The molecule has 0 saturated carbocycles. The van der Waals surface area contributed by atoms with Crippen LogP contribution in [0.2, 0.25) is 0 Å². The minimum absolute atomic E-state index is 0.0901. The van der Waals surface area contributed by atoms with Gasteiger partial charge in [-0.05, 0) is 12.8 Å². The monoisotopic (exact) mass is 318 g/mol. The molecule has 0 spiro atoms. The Morgan fingerprint density at radius 1 is 1.48 bits per heavy atom. The quantitative estimate of drug-likeness (QED) is 0.571. The van der Waals surface area contributed by atoms with E-state index in [9.17, 15) is 18.0 Å². The summed E-state index contributed by atoms with van der Waals surface area (Å²) in [6, 6.07) is -1.10. The molecule has 10 heteroatoms.